The average Bonchev–Trinajstić information content (AvgIpc) is 2.75. The minimum absolute atomic E-state index is 0.180. The molecule has 0 aliphatic rings. The summed E-state index contributed by atoms with van der Waals surface area (Å²) in [6.45, 7) is 5.79. The third kappa shape index (κ3) is 3.61. The van der Waals surface area contributed by atoms with Crippen molar-refractivity contribution in [3.05, 3.63) is 40.4 Å². The molecule has 0 saturated carbocycles. The highest BCUT2D eigenvalue weighted by atomic mass is 32.2. The van der Waals surface area contributed by atoms with E-state index in [9.17, 15) is 8.42 Å². The van der Waals surface area contributed by atoms with E-state index in [0.29, 0.717) is 5.13 Å². The maximum Gasteiger partial charge on any atom is 0.263 e. The number of thiazole rings is 1. The van der Waals surface area contributed by atoms with Gasteiger partial charge < -0.3 is 5.32 Å². The van der Waals surface area contributed by atoms with Crippen molar-refractivity contribution >= 4 is 26.5 Å². The fourth-order valence-electron chi connectivity index (χ4n) is 1.79. The zero-order valence-corrected chi connectivity index (χ0v) is 14.1. The van der Waals surface area contributed by atoms with Crippen LogP contribution in [0.5, 0.6) is 0 Å². The first-order valence-electron chi connectivity index (χ1n) is 6.57. The Balaban J connectivity index is 2.23. The standard InChI is InChI=1S/C14H19N3O2S2/c1-9-11(3)20-14(16-9)17-21(18,19)13-7-5-12(6-8-13)10(2)15-4/h5-8,10,15H,1-4H3,(H,16,17). The molecule has 21 heavy (non-hydrogen) atoms. The van der Waals surface area contributed by atoms with Crippen LogP contribution in [-0.2, 0) is 10.0 Å². The average molecular weight is 325 g/mol. The molecule has 0 saturated heterocycles. The van der Waals surface area contributed by atoms with Crippen LogP contribution in [0.4, 0.5) is 5.13 Å². The van der Waals surface area contributed by atoms with E-state index in [-0.39, 0.29) is 10.9 Å². The molecular formula is C14H19N3O2S2. The Labute approximate surface area is 129 Å². The summed E-state index contributed by atoms with van der Waals surface area (Å²) in [7, 11) is -1.72. The molecule has 2 N–H and O–H groups in total. The summed E-state index contributed by atoms with van der Waals surface area (Å²) in [4.78, 5) is 5.44. The van der Waals surface area contributed by atoms with Gasteiger partial charge in [-0.05, 0) is 45.5 Å². The van der Waals surface area contributed by atoms with E-state index in [4.69, 9.17) is 0 Å². The van der Waals surface area contributed by atoms with Gasteiger partial charge in [-0.3, -0.25) is 4.72 Å². The minimum Gasteiger partial charge on any atom is -0.313 e. The smallest absolute Gasteiger partial charge is 0.263 e. The predicted molar refractivity (Wildman–Crippen MR) is 86.3 cm³/mol. The fraction of sp³-hybridized carbons (Fsp3) is 0.357. The highest BCUT2D eigenvalue weighted by molar-refractivity contribution is 7.93. The maximum atomic E-state index is 12.3. The summed E-state index contributed by atoms with van der Waals surface area (Å²) in [5, 5.41) is 3.52. The van der Waals surface area contributed by atoms with E-state index >= 15 is 0 Å². The van der Waals surface area contributed by atoms with Crippen LogP contribution in [0.2, 0.25) is 0 Å². The van der Waals surface area contributed by atoms with E-state index in [1.165, 1.54) is 11.3 Å². The van der Waals surface area contributed by atoms with Gasteiger partial charge in [0.15, 0.2) is 5.13 Å². The topological polar surface area (TPSA) is 71.1 Å². The molecule has 0 amide bonds. The molecule has 0 spiro atoms. The van der Waals surface area contributed by atoms with Gasteiger partial charge in [-0.15, -0.1) is 11.3 Å². The van der Waals surface area contributed by atoms with E-state index < -0.39 is 10.0 Å². The minimum atomic E-state index is -3.59. The second-order valence-corrected chi connectivity index (χ2v) is 7.73. The van der Waals surface area contributed by atoms with Crippen molar-refractivity contribution < 1.29 is 8.42 Å². The van der Waals surface area contributed by atoms with Gasteiger partial charge in [-0.2, -0.15) is 0 Å². The summed E-state index contributed by atoms with van der Waals surface area (Å²) in [6.07, 6.45) is 0. The SMILES string of the molecule is CNC(C)c1ccc(S(=O)(=O)Nc2nc(C)c(C)s2)cc1. The van der Waals surface area contributed by atoms with Crippen LogP contribution >= 0.6 is 11.3 Å². The van der Waals surface area contributed by atoms with Crippen LogP contribution in [-0.4, -0.2) is 20.4 Å². The van der Waals surface area contributed by atoms with Gasteiger partial charge in [-0.1, -0.05) is 12.1 Å². The molecule has 0 radical (unpaired) electrons. The monoisotopic (exact) mass is 325 g/mol. The zero-order chi connectivity index (χ0) is 15.6. The molecule has 1 aromatic carbocycles. The van der Waals surface area contributed by atoms with E-state index in [1.807, 2.05) is 40.0 Å². The highest BCUT2D eigenvalue weighted by Crippen LogP contribution is 2.24. The van der Waals surface area contributed by atoms with Crippen LogP contribution in [0.25, 0.3) is 0 Å². The molecule has 1 aromatic heterocycles. The molecule has 0 fully saturated rings. The van der Waals surface area contributed by atoms with Crippen LogP contribution in [0, 0.1) is 13.8 Å². The number of aromatic nitrogens is 1. The quantitative estimate of drug-likeness (QED) is 0.887. The Kier molecular flexibility index (Phi) is 4.65. The van der Waals surface area contributed by atoms with E-state index in [1.54, 1.807) is 12.1 Å². The lowest BCUT2D eigenvalue weighted by atomic mass is 10.1. The first-order valence-corrected chi connectivity index (χ1v) is 8.87. The second kappa shape index (κ2) is 6.13. The van der Waals surface area contributed by atoms with Gasteiger partial charge in [0.2, 0.25) is 0 Å². The number of rotatable bonds is 5. The van der Waals surface area contributed by atoms with Crippen molar-refractivity contribution in [2.75, 3.05) is 11.8 Å². The lowest BCUT2D eigenvalue weighted by Gasteiger charge is -2.11. The van der Waals surface area contributed by atoms with Crippen LogP contribution < -0.4 is 10.0 Å². The van der Waals surface area contributed by atoms with Crippen molar-refractivity contribution in [2.45, 2.75) is 31.7 Å². The van der Waals surface area contributed by atoms with Gasteiger partial charge in [-0.25, -0.2) is 13.4 Å². The first kappa shape index (κ1) is 15.9. The zero-order valence-electron chi connectivity index (χ0n) is 12.5. The highest BCUT2D eigenvalue weighted by Gasteiger charge is 2.17. The molecule has 2 rings (SSSR count). The summed E-state index contributed by atoms with van der Waals surface area (Å²) in [6, 6.07) is 7.03. The molecule has 7 heteroatoms. The number of hydrogen-bond acceptors (Lipinski definition) is 5. The van der Waals surface area contributed by atoms with E-state index in [2.05, 4.69) is 15.0 Å². The number of nitrogens with one attached hydrogen (secondary N) is 2. The molecule has 1 atom stereocenters. The lowest BCUT2D eigenvalue weighted by molar-refractivity contribution is 0.600. The molecular weight excluding hydrogens is 306 g/mol. The number of hydrogen-bond donors (Lipinski definition) is 2. The number of sulfonamides is 1. The largest absolute Gasteiger partial charge is 0.313 e. The Bertz CT molecular complexity index is 702. The summed E-state index contributed by atoms with van der Waals surface area (Å²) >= 11 is 1.34. The summed E-state index contributed by atoms with van der Waals surface area (Å²) < 4.78 is 27.1. The molecule has 0 bridgehead atoms. The number of anilines is 1. The van der Waals surface area contributed by atoms with E-state index in [0.717, 1.165) is 16.1 Å². The lowest BCUT2D eigenvalue weighted by Crippen LogP contribution is -2.14. The van der Waals surface area contributed by atoms with Gasteiger partial charge in [0.05, 0.1) is 10.6 Å². The first-order chi connectivity index (χ1) is 9.83. The Morgan fingerprint density at radius 2 is 1.81 bits per heavy atom. The third-order valence-electron chi connectivity index (χ3n) is 3.37. The molecule has 1 heterocycles. The van der Waals surface area contributed by atoms with Crippen molar-refractivity contribution in [1.29, 1.82) is 0 Å². The van der Waals surface area contributed by atoms with Crippen molar-refractivity contribution in [1.82, 2.24) is 10.3 Å². The number of benzene rings is 1. The number of nitrogens with zero attached hydrogens (tertiary/aromatic N) is 1. The summed E-state index contributed by atoms with van der Waals surface area (Å²) in [5.74, 6) is 0. The predicted octanol–water partition coefficient (Wildman–Crippen LogP) is 2.84. The molecule has 0 aliphatic carbocycles. The second-order valence-electron chi connectivity index (χ2n) is 4.85. The molecule has 0 aliphatic heterocycles. The van der Waals surface area contributed by atoms with Gasteiger partial charge in [0.25, 0.3) is 10.0 Å². The number of aryl methyl sites for hydroxylation is 2. The normalized spacial score (nSPS) is 13.1. The van der Waals surface area contributed by atoms with Crippen LogP contribution in [0.3, 0.4) is 0 Å². The van der Waals surface area contributed by atoms with Crippen molar-refractivity contribution in [2.24, 2.45) is 0 Å². The molecule has 2 aromatic rings. The summed E-state index contributed by atoms with van der Waals surface area (Å²) in [5.41, 5.74) is 1.88. The Morgan fingerprint density at radius 3 is 2.29 bits per heavy atom. The maximum absolute atomic E-state index is 12.3. The third-order valence-corrected chi connectivity index (χ3v) is 5.85. The van der Waals surface area contributed by atoms with Crippen LogP contribution in [0.1, 0.15) is 29.1 Å². The van der Waals surface area contributed by atoms with Crippen molar-refractivity contribution in [3.8, 4) is 0 Å². The molecule has 114 valence electrons. The van der Waals surface area contributed by atoms with Gasteiger partial charge in [0, 0.05) is 10.9 Å². The van der Waals surface area contributed by atoms with Gasteiger partial charge in [0.1, 0.15) is 0 Å². The van der Waals surface area contributed by atoms with Crippen LogP contribution in [0.15, 0.2) is 29.2 Å². The Hall–Kier alpha value is -1.44. The Morgan fingerprint density at radius 1 is 1.19 bits per heavy atom. The molecule has 5 nitrogen and oxygen atoms in total. The van der Waals surface area contributed by atoms with Crippen molar-refractivity contribution in [3.63, 3.8) is 0 Å². The van der Waals surface area contributed by atoms with Gasteiger partial charge >= 0.3 is 0 Å². The molecule has 1 unspecified atom stereocenters. The fourth-order valence-corrected chi connectivity index (χ4v) is 3.84.